The lowest BCUT2D eigenvalue weighted by Gasteiger charge is -2.02. The number of likely N-dealkylation sites (N-methyl/N-ethyl adjacent to an activating group) is 1. The lowest BCUT2D eigenvalue weighted by Crippen LogP contribution is -2.33. The van der Waals surface area contributed by atoms with Gasteiger partial charge in [0.2, 0.25) is 5.91 Å². The lowest BCUT2D eigenvalue weighted by atomic mass is 10.5. The Hall–Kier alpha value is -1.30. The smallest absolute Gasteiger partial charge is 0.404 e. The van der Waals surface area contributed by atoms with Gasteiger partial charge in [0.25, 0.3) is 0 Å². The van der Waals surface area contributed by atoms with Gasteiger partial charge in [-0.15, -0.1) is 0 Å². The summed E-state index contributed by atoms with van der Waals surface area (Å²) < 4.78 is 4.40. The van der Waals surface area contributed by atoms with Crippen LogP contribution in [0.5, 0.6) is 0 Å². The van der Waals surface area contributed by atoms with Crippen LogP contribution in [0.1, 0.15) is 0 Å². The second kappa shape index (κ2) is 6.41. The molecule has 0 radical (unpaired) electrons. The van der Waals surface area contributed by atoms with Crippen LogP contribution in [0.2, 0.25) is 0 Å². The standard InChI is InChI=1S/C6H13N3O3/c1-8-5(10)4-9-2-3-12-6(7)11/h9H,2-4H2,1H3,(H2,7,11)(H,8,10). The van der Waals surface area contributed by atoms with Gasteiger partial charge in [-0.05, 0) is 0 Å². The van der Waals surface area contributed by atoms with Crippen molar-refractivity contribution in [2.24, 2.45) is 5.73 Å². The highest BCUT2D eigenvalue weighted by Crippen LogP contribution is 1.70. The van der Waals surface area contributed by atoms with Crippen LogP contribution in [0.4, 0.5) is 4.79 Å². The van der Waals surface area contributed by atoms with E-state index in [0.717, 1.165) is 0 Å². The third-order valence-corrected chi connectivity index (χ3v) is 1.09. The molecular weight excluding hydrogens is 162 g/mol. The van der Waals surface area contributed by atoms with Crippen molar-refractivity contribution in [1.82, 2.24) is 10.6 Å². The molecule has 0 saturated carbocycles. The van der Waals surface area contributed by atoms with E-state index in [-0.39, 0.29) is 19.1 Å². The minimum atomic E-state index is -0.809. The highest BCUT2D eigenvalue weighted by atomic mass is 16.5. The SMILES string of the molecule is CNC(=O)CNCCOC(N)=O. The Morgan fingerprint density at radius 3 is 2.67 bits per heavy atom. The van der Waals surface area contributed by atoms with E-state index in [2.05, 4.69) is 15.4 Å². The van der Waals surface area contributed by atoms with Crippen molar-refractivity contribution >= 4 is 12.0 Å². The number of ether oxygens (including phenoxy) is 1. The molecule has 12 heavy (non-hydrogen) atoms. The van der Waals surface area contributed by atoms with Crippen molar-refractivity contribution in [1.29, 1.82) is 0 Å². The van der Waals surface area contributed by atoms with Gasteiger partial charge in [-0.25, -0.2) is 4.79 Å². The molecule has 0 saturated heterocycles. The van der Waals surface area contributed by atoms with Crippen molar-refractivity contribution in [3.63, 3.8) is 0 Å². The van der Waals surface area contributed by atoms with Crippen molar-refractivity contribution in [2.75, 3.05) is 26.7 Å². The normalized spacial score (nSPS) is 9.08. The summed E-state index contributed by atoms with van der Waals surface area (Å²) in [7, 11) is 1.55. The third kappa shape index (κ3) is 6.81. The molecule has 70 valence electrons. The first-order valence-corrected chi connectivity index (χ1v) is 3.50. The molecule has 0 spiro atoms. The van der Waals surface area contributed by atoms with Gasteiger partial charge in [0.1, 0.15) is 6.61 Å². The van der Waals surface area contributed by atoms with Crippen LogP contribution in [0.15, 0.2) is 0 Å². The van der Waals surface area contributed by atoms with E-state index >= 15 is 0 Å². The van der Waals surface area contributed by atoms with Crippen LogP contribution in [0, 0.1) is 0 Å². The van der Waals surface area contributed by atoms with Gasteiger partial charge >= 0.3 is 6.09 Å². The van der Waals surface area contributed by atoms with E-state index in [1.54, 1.807) is 7.05 Å². The number of carbonyl (C=O) groups excluding carboxylic acids is 2. The average Bonchev–Trinajstić information content (AvgIpc) is 2.03. The molecule has 0 aromatic heterocycles. The van der Waals surface area contributed by atoms with Crippen LogP contribution >= 0.6 is 0 Å². The number of amides is 2. The summed E-state index contributed by atoms with van der Waals surface area (Å²) in [6.07, 6.45) is -0.809. The van der Waals surface area contributed by atoms with E-state index in [1.807, 2.05) is 0 Å². The lowest BCUT2D eigenvalue weighted by molar-refractivity contribution is -0.119. The quantitative estimate of drug-likeness (QED) is 0.439. The van der Waals surface area contributed by atoms with Gasteiger partial charge in [0.05, 0.1) is 6.54 Å². The largest absolute Gasteiger partial charge is 0.448 e. The second-order valence-electron chi connectivity index (χ2n) is 2.02. The molecule has 0 aliphatic rings. The monoisotopic (exact) mass is 175 g/mol. The van der Waals surface area contributed by atoms with E-state index in [4.69, 9.17) is 5.73 Å². The van der Waals surface area contributed by atoms with Gasteiger partial charge in [-0.2, -0.15) is 0 Å². The molecule has 0 aliphatic carbocycles. The molecule has 0 bridgehead atoms. The first kappa shape index (κ1) is 10.7. The van der Waals surface area contributed by atoms with Crippen LogP contribution in [-0.2, 0) is 9.53 Å². The van der Waals surface area contributed by atoms with E-state index in [0.29, 0.717) is 6.54 Å². The number of carbonyl (C=O) groups is 2. The molecule has 4 N–H and O–H groups in total. The molecule has 0 unspecified atom stereocenters. The highest BCUT2D eigenvalue weighted by molar-refractivity contribution is 5.77. The van der Waals surface area contributed by atoms with Gasteiger partial charge in [-0.3, -0.25) is 4.79 Å². The van der Waals surface area contributed by atoms with Gasteiger partial charge in [-0.1, -0.05) is 0 Å². The Morgan fingerprint density at radius 2 is 2.17 bits per heavy atom. The van der Waals surface area contributed by atoms with Crippen molar-refractivity contribution < 1.29 is 14.3 Å². The maximum absolute atomic E-state index is 10.6. The van der Waals surface area contributed by atoms with Crippen molar-refractivity contribution in [3.8, 4) is 0 Å². The number of nitrogens with two attached hydrogens (primary N) is 1. The molecular formula is C6H13N3O3. The first-order valence-electron chi connectivity index (χ1n) is 3.50. The zero-order valence-electron chi connectivity index (χ0n) is 6.92. The molecule has 0 aromatic rings. The van der Waals surface area contributed by atoms with Crippen LogP contribution in [-0.4, -0.2) is 38.7 Å². The minimum absolute atomic E-state index is 0.117. The summed E-state index contributed by atoms with van der Waals surface area (Å²) in [5, 5.41) is 5.18. The molecule has 0 atom stereocenters. The fraction of sp³-hybridized carbons (Fsp3) is 0.667. The Labute approximate surface area is 70.4 Å². The summed E-state index contributed by atoms with van der Waals surface area (Å²) in [4.78, 5) is 20.6. The first-order chi connectivity index (χ1) is 5.66. The Bertz CT molecular complexity index is 160. The number of nitrogens with one attached hydrogen (secondary N) is 2. The maximum Gasteiger partial charge on any atom is 0.404 e. The van der Waals surface area contributed by atoms with Crippen molar-refractivity contribution in [3.05, 3.63) is 0 Å². The fourth-order valence-electron chi connectivity index (χ4n) is 0.514. The third-order valence-electron chi connectivity index (χ3n) is 1.09. The topological polar surface area (TPSA) is 93.4 Å². The van der Waals surface area contributed by atoms with Crippen molar-refractivity contribution in [2.45, 2.75) is 0 Å². The minimum Gasteiger partial charge on any atom is -0.448 e. The number of hydrogen-bond acceptors (Lipinski definition) is 4. The predicted molar refractivity (Wildman–Crippen MR) is 42.5 cm³/mol. The molecule has 0 heterocycles. The maximum atomic E-state index is 10.6. The number of hydrogen-bond donors (Lipinski definition) is 3. The zero-order valence-corrected chi connectivity index (χ0v) is 6.92. The number of primary amides is 1. The molecule has 6 heteroatoms. The summed E-state index contributed by atoms with van der Waals surface area (Å²) in [5.41, 5.74) is 4.69. The molecule has 6 nitrogen and oxygen atoms in total. The van der Waals surface area contributed by atoms with Crippen LogP contribution in [0.3, 0.4) is 0 Å². The molecule has 2 amide bonds. The second-order valence-corrected chi connectivity index (χ2v) is 2.02. The van der Waals surface area contributed by atoms with Gasteiger partial charge < -0.3 is 21.1 Å². The Kier molecular flexibility index (Phi) is 5.72. The molecule has 0 aliphatic heterocycles. The van der Waals surface area contributed by atoms with Crippen LogP contribution in [0.25, 0.3) is 0 Å². The Balaban J connectivity index is 3.11. The predicted octanol–water partition coefficient (Wildman–Crippen LogP) is -1.58. The molecule has 0 aromatic carbocycles. The van der Waals surface area contributed by atoms with Gasteiger partial charge in [0, 0.05) is 13.6 Å². The zero-order chi connectivity index (χ0) is 9.40. The summed E-state index contributed by atoms with van der Waals surface area (Å²) >= 11 is 0. The molecule has 0 rings (SSSR count). The fourth-order valence-corrected chi connectivity index (χ4v) is 0.514. The van der Waals surface area contributed by atoms with E-state index < -0.39 is 6.09 Å². The van der Waals surface area contributed by atoms with Gasteiger partial charge in [0.15, 0.2) is 0 Å². The molecule has 0 fully saturated rings. The summed E-state index contributed by atoms with van der Waals surface area (Å²) in [5.74, 6) is -0.117. The van der Waals surface area contributed by atoms with Crippen LogP contribution < -0.4 is 16.4 Å². The summed E-state index contributed by atoms with van der Waals surface area (Å²) in [6.45, 7) is 0.793. The Morgan fingerprint density at radius 1 is 1.50 bits per heavy atom. The number of rotatable bonds is 5. The average molecular weight is 175 g/mol. The highest BCUT2D eigenvalue weighted by Gasteiger charge is 1.96. The van der Waals surface area contributed by atoms with E-state index in [1.165, 1.54) is 0 Å². The summed E-state index contributed by atoms with van der Waals surface area (Å²) in [6, 6.07) is 0. The van der Waals surface area contributed by atoms with E-state index in [9.17, 15) is 9.59 Å².